The molecule has 0 saturated carbocycles. The molecule has 0 spiro atoms. The fourth-order valence-electron chi connectivity index (χ4n) is 4.22. The summed E-state index contributed by atoms with van der Waals surface area (Å²) < 4.78 is 3.53. The van der Waals surface area contributed by atoms with Gasteiger partial charge in [-0.25, -0.2) is 9.50 Å². The van der Waals surface area contributed by atoms with Gasteiger partial charge < -0.3 is 15.5 Å². The minimum Gasteiger partial charge on any atom is -0.366 e. The molecule has 10 nitrogen and oxygen atoms in total. The second-order valence-corrected chi connectivity index (χ2v) is 8.20. The van der Waals surface area contributed by atoms with Gasteiger partial charge in [-0.3, -0.25) is 9.48 Å². The monoisotopic (exact) mass is 453 g/mol. The summed E-state index contributed by atoms with van der Waals surface area (Å²) in [5.41, 5.74) is 10.5. The highest BCUT2D eigenvalue weighted by atomic mass is 16.1. The topological polar surface area (TPSA) is 121 Å². The van der Waals surface area contributed by atoms with Gasteiger partial charge in [0.2, 0.25) is 5.91 Å². The molecule has 4 aromatic rings. The van der Waals surface area contributed by atoms with E-state index < -0.39 is 5.91 Å². The lowest BCUT2D eigenvalue weighted by molar-refractivity contribution is -0.112. The minimum absolute atomic E-state index is 0.246. The van der Waals surface area contributed by atoms with E-state index in [0.29, 0.717) is 11.1 Å². The van der Waals surface area contributed by atoms with E-state index in [1.165, 1.54) is 0 Å². The third kappa shape index (κ3) is 3.73. The second-order valence-electron chi connectivity index (χ2n) is 8.20. The number of aryl methyl sites for hydroxylation is 1. The first kappa shape index (κ1) is 21.2. The van der Waals surface area contributed by atoms with Crippen molar-refractivity contribution >= 4 is 28.5 Å². The van der Waals surface area contributed by atoms with E-state index in [-0.39, 0.29) is 5.57 Å². The van der Waals surface area contributed by atoms with Crippen LogP contribution < -0.4 is 15.5 Å². The zero-order valence-electron chi connectivity index (χ0n) is 18.7. The minimum atomic E-state index is -0.556. The van der Waals surface area contributed by atoms with Crippen molar-refractivity contribution in [3.63, 3.8) is 0 Å². The number of hydrogen-bond acceptors (Lipinski definition) is 7. The number of nitriles is 1. The molecule has 1 amide bonds. The van der Waals surface area contributed by atoms with Crippen LogP contribution in [0.1, 0.15) is 11.1 Å². The predicted molar refractivity (Wildman–Crippen MR) is 129 cm³/mol. The van der Waals surface area contributed by atoms with Gasteiger partial charge in [0.05, 0.1) is 23.6 Å². The number of amides is 1. The fraction of sp³-hybridized carbons (Fsp3) is 0.208. The Morgan fingerprint density at radius 3 is 2.44 bits per heavy atom. The average molecular weight is 454 g/mol. The Bertz CT molecular complexity index is 1430. The van der Waals surface area contributed by atoms with Crippen LogP contribution in [-0.2, 0) is 11.8 Å². The van der Waals surface area contributed by atoms with Crippen LogP contribution in [0.5, 0.6) is 0 Å². The number of hydrogen-bond donors (Lipinski definition) is 1. The van der Waals surface area contributed by atoms with E-state index in [0.717, 1.165) is 54.3 Å². The number of nitrogens with two attached hydrogens (primary N) is 1. The number of pyridine rings is 2. The number of aromatic nitrogens is 5. The van der Waals surface area contributed by atoms with Crippen LogP contribution in [0, 0.1) is 11.3 Å². The highest BCUT2D eigenvalue weighted by molar-refractivity contribution is 6.17. The zero-order valence-corrected chi connectivity index (χ0v) is 18.7. The normalized spacial score (nSPS) is 13.8. The first-order valence-corrected chi connectivity index (χ1v) is 10.8. The number of carbonyl (C=O) groups excluding carboxylic acids is 1. The van der Waals surface area contributed by atoms with Crippen LogP contribution in [0.2, 0.25) is 0 Å². The Kier molecular flexibility index (Phi) is 5.22. The summed E-state index contributed by atoms with van der Waals surface area (Å²) in [6.45, 7) is 6.71. The van der Waals surface area contributed by atoms with E-state index in [1.54, 1.807) is 21.6 Å². The number of primary amides is 1. The zero-order chi connectivity index (χ0) is 23.8. The van der Waals surface area contributed by atoms with Gasteiger partial charge in [-0.15, -0.1) is 0 Å². The third-order valence-electron chi connectivity index (χ3n) is 6.09. The summed E-state index contributed by atoms with van der Waals surface area (Å²) in [5, 5.41) is 18.3. The molecule has 1 aliphatic rings. The van der Waals surface area contributed by atoms with E-state index in [4.69, 9.17) is 5.73 Å². The van der Waals surface area contributed by atoms with E-state index >= 15 is 0 Å². The van der Waals surface area contributed by atoms with E-state index in [9.17, 15) is 10.1 Å². The Morgan fingerprint density at radius 1 is 1.06 bits per heavy atom. The van der Waals surface area contributed by atoms with Crippen molar-refractivity contribution in [3.05, 3.63) is 66.9 Å². The van der Waals surface area contributed by atoms with Crippen molar-refractivity contribution in [2.24, 2.45) is 12.8 Å². The summed E-state index contributed by atoms with van der Waals surface area (Å²) >= 11 is 0. The summed E-state index contributed by atoms with van der Waals surface area (Å²) in [5.74, 6) is 0.275. The summed E-state index contributed by atoms with van der Waals surface area (Å²) in [6.07, 6.45) is 8.94. The van der Waals surface area contributed by atoms with Gasteiger partial charge in [0.25, 0.3) is 0 Å². The smallest absolute Gasteiger partial charge is 0.248 e. The summed E-state index contributed by atoms with van der Waals surface area (Å²) in [7, 11) is 1.88. The highest BCUT2D eigenvalue weighted by Crippen LogP contribution is 2.31. The molecule has 34 heavy (non-hydrogen) atoms. The lowest BCUT2D eigenvalue weighted by Gasteiger charge is -2.37. The van der Waals surface area contributed by atoms with Crippen LogP contribution in [0.25, 0.3) is 22.2 Å². The maximum atomic E-state index is 11.3. The molecule has 1 aliphatic heterocycles. The van der Waals surface area contributed by atoms with Crippen molar-refractivity contribution in [1.82, 2.24) is 24.4 Å². The molecule has 0 atom stereocenters. The molecule has 4 aromatic heterocycles. The maximum Gasteiger partial charge on any atom is 0.248 e. The number of piperazine rings is 1. The Labute approximate surface area is 196 Å². The molecule has 0 aromatic carbocycles. The van der Waals surface area contributed by atoms with Crippen molar-refractivity contribution in [1.29, 1.82) is 5.26 Å². The Hall–Kier alpha value is -4.65. The standard InChI is InChI=1S/C24H23N9O/c1-16(24(26)34)17-3-4-22(27-11-17)32-7-5-31(6-8-32)21-9-18(20-13-28-30(2)14-20)15-33-23(21)19(10-25)12-29-33/h3-4,9,11-15H,1,5-8H2,2H3,(H2,26,34). The van der Waals surface area contributed by atoms with Crippen LogP contribution in [0.3, 0.4) is 0 Å². The molecule has 5 rings (SSSR count). The summed E-state index contributed by atoms with van der Waals surface area (Å²) in [6, 6.07) is 8.06. The maximum absolute atomic E-state index is 11.3. The van der Waals surface area contributed by atoms with E-state index in [1.807, 2.05) is 37.8 Å². The van der Waals surface area contributed by atoms with Gasteiger partial charge in [-0.2, -0.15) is 15.5 Å². The number of fused-ring (bicyclic) bond motifs is 1. The molecule has 5 heterocycles. The van der Waals surface area contributed by atoms with Crippen LogP contribution >= 0.6 is 0 Å². The van der Waals surface area contributed by atoms with Crippen molar-refractivity contribution in [3.8, 4) is 17.2 Å². The number of nitrogens with zero attached hydrogens (tertiary/aromatic N) is 8. The largest absolute Gasteiger partial charge is 0.366 e. The Morgan fingerprint density at radius 2 is 1.82 bits per heavy atom. The molecular weight excluding hydrogens is 430 g/mol. The molecule has 1 fully saturated rings. The molecule has 2 N–H and O–H groups in total. The predicted octanol–water partition coefficient (Wildman–Crippen LogP) is 1.83. The molecule has 0 aliphatic carbocycles. The first-order chi connectivity index (χ1) is 16.4. The van der Waals surface area contributed by atoms with Gasteiger partial charge in [0.15, 0.2) is 0 Å². The molecule has 1 saturated heterocycles. The van der Waals surface area contributed by atoms with E-state index in [2.05, 4.69) is 43.7 Å². The number of carbonyl (C=O) groups is 1. The Balaban J connectivity index is 1.41. The summed E-state index contributed by atoms with van der Waals surface area (Å²) in [4.78, 5) is 20.3. The lowest BCUT2D eigenvalue weighted by Crippen LogP contribution is -2.47. The first-order valence-electron chi connectivity index (χ1n) is 10.8. The van der Waals surface area contributed by atoms with Crippen LogP contribution in [0.15, 0.2) is 55.8 Å². The SMILES string of the molecule is C=C(C(N)=O)c1ccc(N2CCN(c3cc(-c4cnn(C)c4)cn4ncc(C#N)c34)CC2)nc1. The fourth-order valence-corrected chi connectivity index (χ4v) is 4.22. The highest BCUT2D eigenvalue weighted by Gasteiger charge is 2.23. The van der Waals surface area contributed by atoms with Gasteiger partial charge in [-0.1, -0.05) is 6.58 Å². The lowest BCUT2D eigenvalue weighted by atomic mass is 10.1. The van der Waals surface area contributed by atoms with Crippen molar-refractivity contribution in [2.75, 3.05) is 36.0 Å². The van der Waals surface area contributed by atoms with Crippen LogP contribution in [0.4, 0.5) is 11.5 Å². The van der Waals surface area contributed by atoms with Gasteiger partial charge in [0, 0.05) is 74.1 Å². The average Bonchev–Trinajstić information content (AvgIpc) is 3.49. The molecule has 0 unspecified atom stereocenters. The number of anilines is 2. The van der Waals surface area contributed by atoms with Crippen LogP contribution in [-0.4, -0.2) is 56.5 Å². The molecular formula is C24H23N9O. The van der Waals surface area contributed by atoms with Gasteiger partial charge in [0.1, 0.15) is 17.4 Å². The molecule has 0 radical (unpaired) electrons. The van der Waals surface area contributed by atoms with Gasteiger partial charge >= 0.3 is 0 Å². The molecule has 10 heteroatoms. The quantitative estimate of drug-likeness (QED) is 0.458. The van der Waals surface area contributed by atoms with Crippen molar-refractivity contribution < 1.29 is 4.79 Å². The molecule has 170 valence electrons. The molecule has 0 bridgehead atoms. The third-order valence-corrected chi connectivity index (χ3v) is 6.09. The van der Waals surface area contributed by atoms with Gasteiger partial charge in [-0.05, 0) is 18.2 Å². The van der Waals surface area contributed by atoms with Crippen molar-refractivity contribution in [2.45, 2.75) is 0 Å². The number of rotatable bonds is 5. The second kappa shape index (κ2) is 8.37.